The van der Waals surface area contributed by atoms with E-state index in [9.17, 15) is 4.79 Å². The molecule has 3 rings (SSSR count). The Labute approximate surface area is 109 Å². The molecule has 0 amide bonds. The molecule has 5 nitrogen and oxygen atoms in total. The van der Waals surface area contributed by atoms with Crippen LogP contribution in [0.5, 0.6) is 0 Å². The van der Waals surface area contributed by atoms with Gasteiger partial charge >= 0.3 is 5.97 Å². The molecule has 1 aromatic carbocycles. The highest BCUT2D eigenvalue weighted by Gasteiger charge is 2.14. The van der Waals surface area contributed by atoms with Gasteiger partial charge in [0.15, 0.2) is 5.65 Å². The summed E-state index contributed by atoms with van der Waals surface area (Å²) in [6.45, 7) is 2.02. The second-order valence-corrected chi connectivity index (χ2v) is 4.29. The van der Waals surface area contributed by atoms with E-state index in [1.54, 1.807) is 10.7 Å². The molecule has 0 spiro atoms. The van der Waals surface area contributed by atoms with Crippen molar-refractivity contribution in [1.29, 1.82) is 0 Å². The maximum atomic E-state index is 11.1. The van der Waals surface area contributed by atoms with Gasteiger partial charge in [0.2, 0.25) is 0 Å². The van der Waals surface area contributed by atoms with E-state index in [4.69, 9.17) is 5.11 Å². The van der Waals surface area contributed by atoms with Crippen LogP contribution in [0.15, 0.2) is 42.7 Å². The van der Waals surface area contributed by atoms with E-state index in [-0.39, 0.29) is 5.56 Å². The number of hydrogen-bond acceptors (Lipinski definition) is 3. The van der Waals surface area contributed by atoms with Gasteiger partial charge in [-0.3, -0.25) is 0 Å². The molecule has 0 radical (unpaired) electrons. The summed E-state index contributed by atoms with van der Waals surface area (Å²) in [6.07, 6.45) is 2.92. The molecule has 94 valence electrons. The molecule has 0 saturated heterocycles. The van der Waals surface area contributed by atoms with Gasteiger partial charge in [0, 0.05) is 11.8 Å². The standard InChI is InChI=1S/C14H11N3O2/c1-9-2-4-10(5-3-9)12-6-7-15-13-11(14(18)19)8-16-17(12)13/h2-8H,1H3,(H,18,19). The van der Waals surface area contributed by atoms with Gasteiger partial charge in [0.1, 0.15) is 5.56 Å². The summed E-state index contributed by atoms with van der Waals surface area (Å²) < 4.78 is 1.55. The number of aromatic nitrogens is 3. The molecular weight excluding hydrogens is 242 g/mol. The fourth-order valence-corrected chi connectivity index (χ4v) is 1.99. The number of fused-ring (bicyclic) bond motifs is 1. The number of nitrogens with zero attached hydrogens (tertiary/aromatic N) is 3. The molecule has 2 aromatic heterocycles. The van der Waals surface area contributed by atoms with Crippen LogP contribution in [0.1, 0.15) is 15.9 Å². The molecule has 5 heteroatoms. The van der Waals surface area contributed by atoms with Crippen LogP contribution in [0.2, 0.25) is 0 Å². The largest absolute Gasteiger partial charge is 0.477 e. The summed E-state index contributed by atoms with van der Waals surface area (Å²) in [7, 11) is 0. The molecule has 2 heterocycles. The van der Waals surface area contributed by atoms with Gasteiger partial charge in [-0.1, -0.05) is 29.8 Å². The first-order valence-electron chi connectivity index (χ1n) is 5.80. The van der Waals surface area contributed by atoms with Crippen molar-refractivity contribution in [2.45, 2.75) is 6.92 Å². The minimum atomic E-state index is -1.02. The maximum Gasteiger partial charge on any atom is 0.341 e. The summed E-state index contributed by atoms with van der Waals surface area (Å²) in [6, 6.07) is 9.78. The van der Waals surface area contributed by atoms with E-state index in [0.29, 0.717) is 5.65 Å². The predicted octanol–water partition coefficient (Wildman–Crippen LogP) is 2.40. The van der Waals surface area contributed by atoms with Crippen molar-refractivity contribution in [2.75, 3.05) is 0 Å². The van der Waals surface area contributed by atoms with Gasteiger partial charge < -0.3 is 5.11 Å². The van der Waals surface area contributed by atoms with Crippen LogP contribution in [0.4, 0.5) is 0 Å². The van der Waals surface area contributed by atoms with Gasteiger partial charge in [-0.05, 0) is 13.0 Å². The Morgan fingerprint density at radius 3 is 2.63 bits per heavy atom. The van der Waals surface area contributed by atoms with Crippen molar-refractivity contribution >= 4 is 11.6 Å². The number of benzene rings is 1. The van der Waals surface area contributed by atoms with Gasteiger partial charge in [0.25, 0.3) is 0 Å². The number of rotatable bonds is 2. The van der Waals surface area contributed by atoms with Crippen LogP contribution in [0, 0.1) is 6.92 Å². The monoisotopic (exact) mass is 253 g/mol. The van der Waals surface area contributed by atoms with Crippen molar-refractivity contribution in [3.05, 3.63) is 53.9 Å². The first-order chi connectivity index (χ1) is 9.16. The molecule has 0 aliphatic carbocycles. The van der Waals surface area contributed by atoms with E-state index < -0.39 is 5.97 Å². The first-order valence-corrected chi connectivity index (χ1v) is 5.80. The summed E-state index contributed by atoms with van der Waals surface area (Å²) in [5, 5.41) is 13.2. The Kier molecular flexibility index (Phi) is 2.52. The number of carboxylic acids is 1. The molecular formula is C14H11N3O2. The highest BCUT2D eigenvalue weighted by Crippen LogP contribution is 2.21. The van der Waals surface area contributed by atoms with Gasteiger partial charge in [-0.25, -0.2) is 14.3 Å². The van der Waals surface area contributed by atoms with Gasteiger partial charge in [0.05, 0.1) is 11.9 Å². The Balaban J connectivity index is 2.25. The molecule has 0 bridgehead atoms. The van der Waals surface area contributed by atoms with Crippen LogP contribution >= 0.6 is 0 Å². The zero-order valence-corrected chi connectivity index (χ0v) is 10.2. The van der Waals surface area contributed by atoms with Crippen molar-refractivity contribution in [1.82, 2.24) is 14.6 Å². The normalized spacial score (nSPS) is 10.8. The average molecular weight is 253 g/mol. The third kappa shape index (κ3) is 1.85. The SMILES string of the molecule is Cc1ccc(-c2ccnc3c(C(=O)O)cnn23)cc1. The number of aromatic carboxylic acids is 1. The Hall–Kier alpha value is -2.69. The molecule has 0 saturated carbocycles. The number of aryl methyl sites for hydroxylation is 1. The third-order valence-corrected chi connectivity index (χ3v) is 2.98. The molecule has 0 atom stereocenters. The molecule has 3 aromatic rings. The molecule has 0 unspecified atom stereocenters. The zero-order valence-electron chi connectivity index (χ0n) is 10.2. The van der Waals surface area contributed by atoms with E-state index in [1.807, 2.05) is 37.3 Å². The van der Waals surface area contributed by atoms with E-state index >= 15 is 0 Å². The Morgan fingerprint density at radius 1 is 1.21 bits per heavy atom. The lowest BCUT2D eigenvalue weighted by Crippen LogP contribution is -1.99. The van der Waals surface area contributed by atoms with Crippen LogP contribution in [0.3, 0.4) is 0 Å². The lowest BCUT2D eigenvalue weighted by molar-refractivity contribution is 0.0699. The molecule has 0 fully saturated rings. The number of carboxylic acid groups (broad SMARTS) is 1. The maximum absolute atomic E-state index is 11.1. The summed E-state index contributed by atoms with van der Waals surface area (Å²) >= 11 is 0. The topological polar surface area (TPSA) is 67.5 Å². The molecule has 0 aliphatic rings. The van der Waals surface area contributed by atoms with E-state index in [2.05, 4.69) is 10.1 Å². The van der Waals surface area contributed by atoms with Crippen LogP contribution < -0.4 is 0 Å². The summed E-state index contributed by atoms with van der Waals surface area (Å²) in [5.74, 6) is -1.02. The quantitative estimate of drug-likeness (QED) is 0.761. The predicted molar refractivity (Wildman–Crippen MR) is 70.1 cm³/mol. The summed E-state index contributed by atoms with van der Waals surface area (Å²) in [5.41, 5.74) is 3.41. The highest BCUT2D eigenvalue weighted by molar-refractivity contribution is 5.94. The minimum absolute atomic E-state index is 0.106. The number of carbonyl (C=O) groups is 1. The van der Waals surface area contributed by atoms with Crippen molar-refractivity contribution in [3.63, 3.8) is 0 Å². The van der Waals surface area contributed by atoms with Crippen LogP contribution in [-0.2, 0) is 0 Å². The Bertz CT molecular complexity index is 760. The third-order valence-electron chi connectivity index (χ3n) is 2.98. The van der Waals surface area contributed by atoms with E-state index in [1.165, 1.54) is 11.8 Å². The minimum Gasteiger partial charge on any atom is -0.477 e. The van der Waals surface area contributed by atoms with Crippen LogP contribution in [-0.4, -0.2) is 25.7 Å². The number of hydrogen-bond donors (Lipinski definition) is 1. The average Bonchev–Trinajstić information content (AvgIpc) is 2.83. The van der Waals surface area contributed by atoms with Crippen molar-refractivity contribution < 1.29 is 9.90 Å². The van der Waals surface area contributed by atoms with Crippen molar-refractivity contribution in [2.24, 2.45) is 0 Å². The fraction of sp³-hybridized carbons (Fsp3) is 0.0714. The Morgan fingerprint density at radius 2 is 1.95 bits per heavy atom. The second-order valence-electron chi connectivity index (χ2n) is 4.29. The van der Waals surface area contributed by atoms with Crippen LogP contribution in [0.25, 0.3) is 16.9 Å². The van der Waals surface area contributed by atoms with Crippen molar-refractivity contribution in [3.8, 4) is 11.3 Å². The highest BCUT2D eigenvalue weighted by atomic mass is 16.4. The summed E-state index contributed by atoms with van der Waals surface area (Å²) in [4.78, 5) is 15.2. The second kappa shape index (κ2) is 4.20. The first kappa shape index (κ1) is 11.4. The fourth-order valence-electron chi connectivity index (χ4n) is 1.99. The lowest BCUT2D eigenvalue weighted by Gasteiger charge is -2.05. The lowest BCUT2D eigenvalue weighted by atomic mass is 10.1. The molecule has 1 N–H and O–H groups in total. The van der Waals surface area contributed by atoms with Gasteiger partial charge in [-0.15, -0.1) is 0 Å². The molecule has 0 aliphatic heterocycles. The molecule has 19 heavy (non-hydrogen) atoms. The van der Waals surface area contributed by atoms with E-state index in [0.717, 1.165) is 11.3 Å². The zero-order chi connectivity index (χ0) is 13.4. The van der Waals surface area contributed by atoms with Gasteiger partial charge in [-0.2, -0.15) is 5.10 Å². The smallest absolute Gasteiger partial charge is 0.341 e.